The van der Waals surface area contributed by atoms with Crippen molar-refractivity contribution in [3.8, 4) is 5.75 Å². The van der Waals surface area contributed by atoms with Crippen LogP contribution in [0.15, 0.2) is 18.2 Å². The fraction of sp³-hybridized carbons (Fsp3) is 0.591. The Morgan fingerprint density at radius 3 is 2.53 bits per heavy atom. The zero-order valence-corrected chi connectivity index (χ0v) is 19.7. The minimum atomic E-state index is -4.95. The highest BCUT2D eigenvalue weighted by Crippen LogP contribution is 2.37. The van der Waals surface area contributed by atoms with Crippen LogP contribution in [0.2, 0.25) is 0 Å². The summed E-state index contributed by atoms with van der Waals surface area (Å²) in [6, 6.07) is 1.22. The second kappa shape index (κ2) is 9.54. The summed E-state index contributed by atoms with van der Waals surface area (Å²) < 4.78 is 60.8. The van der Waals surface area contributed by atoms with Crippen LogP contribution in [-0.2, 0) is 11.3 Å². The predicted octanol–water partition coefficient (Wildman–Crippen LogP) is 2.63. The van der Waals surface area contributed by atoms with Crippen molar-refractivity contribution in [2.45, 2.75) is 49.9 Å². The van der Waals surface area contributed by atoms with E-state index in [1.54, 1.807) is 11.9 Å². The molecule has 0 bridgehead atoms. The van der Waals surface area contributed by atoms with Gasteiger partial charge in [0.1, 0.15) is 11.6 Å². The van der Waals surface area contributed by atoms with Gasteiger partial charge in [0, 0.05) is 51.3 Å². The van der Waals surface area contributed by atoms with Crippen LogP contribution in [0.25, 0.3) is 0 Å². The number of benzene rings is 1. The normalized spacial score (nSPS) is 23.9. The average Bonchev–Trinajstić information content (AvgIpc) is 3.57. The molecule has 10 nitrogen and oxygen atoms in total. The number of halogens is 4. The Morgan fingerprint density at radius 1 is 1.25 bits per heavy atom. The van der Waals surface area contributed by atoms with Gasteiger partial charge in [-0.1, -0.05) is 6.07 Å². The Bertz CT molecular complexity index is 1040. The zero-order valence-electron chi connectivity index (χ0n) is 19.7. The first-order chi connectivity index (χ1) is 16.9. The van der Waals surface area contributed by atoms with Crippen LogP contribution in [0.4, 0.5) is 31.9 Å². The van der Waals surface area contributed by atoms with Crippen LogP contribution in [0.3, 0.4) is 0 Å². The van der Waals surface area contributed by atoms with Crippen LogP contribution in [0.1, 0.15) is 24.8 Å². The minimum Gasteiger partial charge on any atom is -0.439 e. The molecular formula is C22H27F4N5O5. The predicted molar refractivity (Wildman–Crippen MR) is 116 cm³/mol. The summed E-state index contributed by atoms with van der Waals surface area (Å²) in [6.07, 6.45) is -3.65. The standard InChI is InChI=1S/C22H27F4N5O5/c1-27-18(32)30-10-15(8-21(12-30)11-29(2)20(34)36-21)31(14-4-5-14)19(33)28-9-13-3-6-16(7-17(13)23)35-22(24,25)26/h3,6-7,14-15H,4-5,8-12H2,1-2H3,(H,27,32)(H,28,33)/t15-,21?/m1/s1. The van der Waals surface area contributed by atoms with Gasteiger partial charge in [0.25, 0.3) is 0 Å². The first-order valence-electron chi connectivity index (χ1n) is 11.4. The molecule has 3 fully saturated rings. The molecular weight excluding hydrogens is 490 g/mol. The second-order valence-corrected chi connectivity index (χ2v) is 9.30. The molecule has 1 saturated carbocycles. The molecule has 5 amide bonds. The van der Waals surface area contributed by atoms with Gasteiger partial charge in [-0.3, -0.25) is 0 Å². The van der Waals surface area contributed by atoms with Gasteiger partial charge in [-0.05, 0) is 18.9 Å². The first-order valence-corrected chi connectivity index (χ1v) is 11.4. The van der Waals surface area contributed by atoms with Gasteiger partial charge in [-0.15, -0.1) is 13.2 Å². The van der Waals surface area contributed by atoms with Crippen LogP contribution in [-0.4, -0.2) is 90.6 Å². The summed E-state index contributed by atoms with van der Waals surface area (Å²) >= 11 is 0. The van der Waals surface area contributed by atoms with Gasteiger partial charge in [-0.2, -0.15) is 0 Å². The second-order valence-electron chi connectivity index (χ2n) is 9.30. The molecule has 1 unspecified atom stereocenters. The largest absolute Gasteiger partial charge is 0.573 e. The highest BCUT2D eigenvalue weighted by molar-refractivity contribution is 5.77. The molecule has 1 spiro atoms. The summed E-state index contributed by atoms with van der Waals surface area (Å²) in [4.78, 5) is 42.3. The minimum absolute atomic E-state index is 0.0212. The molecule has 198 valence electrons. The molecule has 14 heteroatoms. The van der Waals surface area contributed by atoms with Gasteiger partial charge in [0.15, 0.2) is 5.60 Å². The van der Waals surface area contributed by atoms with E-state index in [0.717, 1.165) is 25.0 Å². The van der Waals surface area contributed by atoms with E-state index in [0.29, 0.717) is 12.5 Å². The van der Waals surface area contributed by atoms with E-state index >= 15 is 0 Å². The number of nitrogens with one attached hydrogen (secondary N) is 2. The number of carbonyl (C=O) groups is 3. The molecule has 2 atom stereocenters. The number of carbonyl (C=O) groups excluding carboxylic acids is 3. The Morgan fingerprint density at radius 2 is 1.97 bits per heavy atom. The number of hydrogen-bond acceptors (Lipinski definition) is 5. The smallest absolute Gasteiger partial charge is 0.439 e. The van der Waals surface area contributed by atoms with Crippen molar-refractivity contribution in [3.63, 3.8) is 0 Å². The highest BCUT2D eigenvalue weighted by atomic mass is 19.4. The van der Waals surface area contributed by atoms with E-state index in [1.165, 1.54) is 16.8 Å². The van der Waals surface area contributed by atoms with E-state index in [9.17, 15) is 31.9 Å². The number of likely N-dealkylation sites (N-methyl/N-ethyl adjacent to an activating group) is 1. The molecule has 2 N–H and O–H groups in total. The summed E-state index contributed by atoms with van der Waals surface area (Å²) in [5.74, 6) is -1.66. The van der Waals surface area contributed by atoms with Gasteiger partial charge >= 0.3 is 24.5 Å². The topological polar surface area (TPSA) is 103 Å². The monoisotopic (exact) mass is 517 g/mol. The molecule has 1 aromatic carbocycles. The molecule has 1 aromatic rings. The number of alkyl halides is 3. The van der Waals surface area contributed by atoms with Crippen molar-refractivity contribution in [3.05, 3.63) is 29.6 Å². The Balaban J connectivity index is 1.48. The van der Waals surface area contributed by atoms with Crippen molar-refractivity contribution < 1.29 is 41.4 Å². The third-order valence-electron chi connectivity index (χ3n) is 6.42. The molecule has 36 heavy (non-hydrogen) atoms. The Labute approximate surface area is 204 Å². The number of ether oxygens (including phenoxy) is 2. The number of likely N-dealkylation sites (tertiary alicyclic amines) is 1. The number of piperidine rings is 1. The van der Waals surface area contributed by atoms with Crippen molar-refractivity contribution in [2.75, 3.05) is 33.7 Å². The van der Waals surface area contributed by atoms with Crippen molar-refractivity contribution in [1.29, 1.82) is 0 Å². The fourth-order valence-corrected chi connectivity index (χ4v) is 4.82. The van der Waals surface area contributed by atoms with Crippen LogP contribution in [0.5, 0.6) is 5.75 Å². The van der Waals surface area contributed by atoms with Gasteiger partial charge < -0.3 is 34.8 Å². The average molecular weight is 517 g/mol. The summed E-state index contributed by atoms with van der Waals surface area (Å²) in [5, 5.41) is 5.19. The molecule has 2 heterocycles. The molecule has 0 radical (unpaired) electrons. The van der Waals surface area contributed by atoms with Crippen LogP contribution < -0.4 is 15.4 Å². The van der Waals surface area contributed by atoms with E-state index in [4.69, 9.17) is 4.74 Å². The zero-order chi connectivity index (χ0) is 26.3. The molecule has 1 aliphatic carbocycles. The van der Waals surface area contributed by atoms with Crippen LogP contribution >= 0.6 is 0 Å². The van der Waals surface area contributed by atoms with Gasteiger partial charge in [0.2, 0.25) is 0 Å². The van der Waals surface area contributed by atoms with E-state index < -0.39 is 41.7 Å². The van der Waals surface area contributed by atoms with Crippen LogP contribution in [0, 0.1) is 5.82 Å². The molecule has 3 aliphatic rings. The molecule has 2 saturated heterocycles. The number of amides is 5. The van der Waals surface area contributed by atoms with E-state index in [1.807, 2.05) is 0 Å². The van der Waals surface area contributed by atoms with E-state index in [2.05, 4.69) is 15.4 Å². The lowest BCUT2D eigenvalue weighted by Gasteiger charge is -2.46. The lowest BCUT2D eigenvalue weighted by atomic mass is 9.88. The lowest BCUT2D eigenvalue weighted by Crippen LogP contribution is -2.64. The highest BCUT2D eigenvalue weighted by Gasteiger charge is 2.53. The third-order valence-corrected chi connectivity index (χ3v) is 6.42. The number of urea groups is 2. The molecule has 0 aromatic heterocycles. The van der Waals surface area contributed by atoms with Crippen molar-refractivity contribution in [2.24, 2.45) is 0 Å². The fourth-order valence-electron chi connectivity index (χ4n) is 4.82. The number of nitrogens with zero attached hydrogens (tertiary/aromatic N) is 3. The number of rotatable bonds is 5. The lowest BCUT2D eigenvalue weighted by molar-refractivity contribution is -0.274. The summed E-state index contributed by atoms with van der Waals surface area (Å²) in [7, 11) is 3.08. The SMILES string of the molecule is CNC(=O)N1C[C@H](N(C(=O)NCc2ccc(OC(F)(F)F)cc2F)C2CC2)CC2(CN(C)C(=O)O2)C1. The van der Waals surface area contributed by atoms with Crippen molar-refractivity contribution >= 4 is 18.2 Å². The third kappa shape index (κ3) is 5.68. The maximum atomic E-state index is 14.3. The maximum absolute atomic E-state index is 14.3. The van der Waals surface area contributed by atoms with E-state index in [-0.39, 0.29) is 43.8 Å². The molecule has 4 rings (SSSR count). The van der Waals surface area contributed by atoms with Gasteiger partial charge in [-0.25, -0.2) is 18.8 Å². The summed E-state index contributed by atoms with van der Waals surface area (Å²) in [6.45, 7) is 0.379. The van der Waals surface area contributed by atoms with Gasteiger partial charge in [0.05, 0.1) is 19.1 Å². The summed E-state index contributed by atoms with van der Waals surface area (Å²) in [5.41, 5.74) is -0.998. The maximum Gasteiger partial charge on any atom is 0.573 e. The van der Waals surface area contributed by atoms with Crippen molar-refractivity contribution in [1.82, 2.24) is 25.3 Å². The number of hydrogen-bond donors (Lipinski definition) is 2. The Kier molecular flexibility index (Phi) is 6.80. The molecule has 2 aliphatic heterocycles. The quantitative estimate of drug-likeness (QED) is 0.585. The first kappa shape index (κ1) is 25.6. The Hall–Kier alpha value is -3.45.